The Bertz CT molecular complexity index is 133. The predicted octanol–water partition coefficient (Wildman–Crippen LogP) is -1.35. The number of rotatable bonds is 4. The summed E-state index contributed by atoms with van der Waals surface area (Å²) in [6.45, 7) is 3.24. The molecule has 4 heteroatoms. The second-order valence-corrected chi connectivity index (χ2v) is 3.71. The number of hydrogen-bond donors (Lipinski definition) is 3. The van der Waals surface area contributed by atoms with Gasteiger partial charge in [0, 0.05) is 13.1 Å². The van der Waals surface area contributed by atoms with Crippen molar-refractivity contribution in [2.75, 3.05) is 32.9 Å². The molecule has 4 nitrogen and oxygen atoms in total. The van der Waals surface area contributed by atoms with E-state index in [0.717, 1.165) is 13.1 Å². The average molecular weight is 175 g/mol. The van der Waals surface area contributed by atoms with E-state index in [1.165, 1.54) is 0 Å². The number of nitrogens with zero attached hydrogens (tertiary/aromatic N) is 1. The number of aliphatic hydroxyl groups excluding tert-OH is 3. The van der Waals surface area contributed by atoms with Crippen LogP contribution in [0.1, 0.15) is 6.92 Å². The van der Waals surface area contributed by atoms with E-state index in [2.05, 4.69) is 6.92 Å². The molecule has 0 amide bonds. The SMILES string of the molecule is CC1CN(C(CO)(CO)CO)C1. The zero-order valence-electron chi connectivity index (χ0n) is 7.40. The molecule has 1 heterocycles. The Morgan fingerprint density at radius 2 is 1.58 bits per heavy atom. The van der Waals surface area contributed by atoms with Crippen molar-refractivity contribution >= 4 is 0 Å². The third-order valence-corrected chi connectivity index (χ3v) is 2.62. The Labute approximate surface area is 72.4 Å². The largest absolute Gasteiger partial charge is 0.394 e. The van der Waals surface area contributed by atoms with Crippen LogP contribution >= 0.6 is 0 Å². The first-order valence-corrected chi connectivity index (χ1v) is 4.26. The number of aliphatic hydroxyl groups is 3. The van der Waals surface area contributed by atoms with Crippen molar-refractivity contribution in [3.05, 3.63) is 0 Å². The highest BCUT2D eigenvalue weighted by molar-refractivity contribution is 4.95. The van der Waals surface area contributed by atoms with Crippen molar-refractivity contribution in [2.45, 2.75) is 12.5 Å². The fourth-order valence-corrected chi connectivity index (χ4v) is 1.54. The van der Waals surface area contributed by atoms with E-state index in [9.17, 15) is 0 Å². The molecule has 72 valence electrons. The summed E-state index contributed by atoms with van der Waals surface area (Å²) in [5.41, 5.74) is -0.799. The van der Waals surface area contributed by atoms with E-state index in [0.29, 0.717) is 5.92 Å². The summed E-state index contributed by atoms with van der Waals surface area (Å²) in [6, 6.07) is 0. The molecule has 0 spiro atoms. The first kappa shape index (κ1) is 9.92. The third-order valence-electron chi connectivity index (χ3n) is 2.62. The lowest BCUT2D eigenvalue weighted by molar-refractivity contribution is -0.0942. The van der Waals surface area contributed by atoms with Crippen molar-refractivity contribution in [3.8, 4) is 0 Å². The van der Waals surface area contributed by atoms with Crippen LogP contribution < -0.4 is 0 Å². The molecule has 1 rings (SSSR count). The maximum Gasteiger partial charge on any atom is 0.0906 e. The van der Waals surface area contributed by atoms with Gasteiger partial charge in [-0.2, -0.15) is 0 Å². The lowest BCUT2D eigenvalue weighted by Crippen LogP contribution is -2.64. The quantitative estimate of drug-likeness (QED) is 0.494. The van der Waals surface area contributed by atoms with Gasteiger partial charge in [0.15, 0.2) is 0 Å². The summed E-state index contributed by atoms with van der Waals surface area (Å²) >= 11 is 0. The molecule has 1 aliphatic rings. The van der Waals surface area contributed by atoms with Gasteiger partial charge in [-0.05, 0) is 5.92 Å². The van der Waals surface area contributed by atoms with Crippen LogP contribution in [0.2, 0.25) is 0 Å². The molecule has 0 aliphatic carbocycles. The molecule has 0 bridgehead atoms. The van der Waals surface area contributed by atoms with E-state index in [1.54, 1.807) is 0 Å². The van der Waals surface area contributed by atoms with Crippen LogP contribution in [-0.4, -0.2) is 58.7 Å². The lowest BCUT2D eigenvalue weighted by Gasteiger charge is -2.49. The van der Waals surface area contributed by atoms with Gasteiger partial charge in [-0.1, -0.05) is 6.92 Å². The van der Waals surface area contributed by atoms with Crippen LogP contribution in [0, 0.1) is 5.92 Å². The van der Waals surface area contributed by atoms with Crippen LogP contribution in [0.5, 0.6) is 0 Å². The van der Waals surface area contributed by atoms with Gasteiger partial charge in [-0.15, -0.1) is 0 Å². The van der Waals surface area contributed by atoms with Gasteiger partial charge in [-0.3, -0.25) is 4.90 Å². The highest BCUT2D eigenvalue weighted by Gasteiger charge is 2.41. The topological polar surface area (TPSA) is 63.9 Å². The minimum Gasteiger partial charge on any atom is -0.394 e. The molecule has 0 saturated carbocycles. The highest BCUT2D eigenvalue weighted by Crippen LogP contribution is 2.24. The Kier molecular flexibility index (Phi) is 3.06. The minimum atomic E-state index is -0.799. The van der Waals surface area contributed by atoms with Crippen molar-refractivity contribution < 1.29 is 15.3 Å². The molecule has 0 aromatic rings. The Morgan fingerprint density at radius 1 is 1.17 bits per heavy atom. The fraction of sp³-hybridized carbons (Fsp3) is 1.00. The molecule has 1 fully saturated rings. The summed E-state index contributed by atoms with van der Waals surface area (Å²) in [6.07, 6.45) is 0. The van der Waals surface area contributed by atoms with Gasteiger partial charge >= 0.3 is 0 Å². The summed E-state index contributed by atoms with van der Waals surface area (Å²) in [5.74, 6) is 0.606. The van der Waals surface area contributed by atoms with E-state index < -0.39 is 5.54 Å². The van der Waals surface area contributed by atoms with Crippen molar-refractivity contribution in [3.63, 3.8) is 0 Å². The van der Waals surface area contributed by atoms with Crippen LogP contribution in [0.3, 0.4) is 0 Å². The van der Waals surface area contributed by atoms with Gasteiger partial charge in [0.25, 0.3) is 0 Å². The summed E-state index contributed by atoms with van der Waals surface area (Å²) in [7, 11) is 0. The molecule has 0 atom stereocenters. The normalized spacial score (nSPS) is 21.0. The maximum atomic E-state index is 9.04. The molecule has 0 unspecified atom stereocenters. The summed E-state index contributed by atoms with van der Waals surface area (Å²) < 4.78 is 0. The average Bonchev–Trinajstić information content (AvgIpc) is 2.05. The zero-order chi connectivity index (χ0) is 9.19. The summed E-state index contributed by atoms with van der Waals surface area (Å²) in [5, 5.41) is 27.1. The molecule has 0 aromatic carbocycles. The lowest BCUT2D eigenvalue weighted by atomic mass is 9.91. The molecule has 1 aliphatic heterocycles. The first-order valence-electron chi connectivity index (χ1n) is 4.26. The standard InChI is InChI=1S/C8H17NO3/c1-7-2-9(3-7)8(4-10,5-11)6-12/h7,10-12H,2-6H2,1H3. The van der Waals surface area contributed by atoms with E-state index in [1.807, 2.05) is 4.90 Å². The molecule has 12 heavy (non-hydrogen) atoms. The number of hydrogen-bond acceptors (Lipinski definition) is 4. The van der Waals surface area contributed by atoms with Crippen LogP contribution in [0.15, 0.2) is 0 Å². The second-order valence-electron chi connectivity index (χ2n) is 3.71. The molecular weight excluding hydrogens is 158 g/mol. The third kappa shape index (κ3) is 1.47. The Morgan fingerprint density at radius 3 is 1.83 bits per heavy atom. The molecule has 1 saturated heterocycles. The highest BCUT2D eigenvalue weighted by atomic mass is 16.3. The van der Waals surface area contributed by atoms with Gasteiger partial charge in [0.1, 0.15) is 0 Å². The smallest absolute Gasteiger partial charge is 0.0906 e. The number of likely N-dealkylation sites (tertiary alicyclic amines) is 1. The fourth-order valence-electron chi connectivity index (χ4n) is 1.54. The Hall–Kier alpha value is -0.160. The zero-order valence-corrected chi connectivity index (χ0v) is 7.40. The van der Waals surface area contributed by atoms with Crippen LogP contribution in [-0.2, 0) is 0 Å². The monoisotopic (exact) mass is 175 g/mol. The summed E-state index contributed by atoms with van der Waals surface area (Å²) in [4.78, 5) is 1.93. The molecule has 0 radical (unpaired) electrons. The maximum absolute atomic E-state index is 9.04. The van der Waals surface area contributed by atoms with Crippen LogP contribution in [0.4, 0.5) is 0 Å². The van der Waals surface area contributed by atoms with Gasteiger partial charge < -0.3 is 15.3 Å². The van der Waals surface area contributed by atoms with Gasteiger partial charge in [-0.25, -0.2) is 0 Å². The van der Waals surface area contributed by atoms with Crippen molar-refractivity contribution in [1.82, 2.24) is 4.90 Å². The molecule has 0 aromatic heterocycles. The second kappa shape index (κ2) is 3.70. The van der Waals surface area contributed by atoms with Gasteiger partial charge in [0.05, 0.1) is 25.4 Å². The van der Waals surface area contributed by atoms with E-state index in [4.69, 9.17) is 15.3 Å². The molecule has 3 N–H and O–H groups in total. The molecular formula is C8H17NO3. The van der Waals surface area contributed by atoms with E-state index >= 15 is 0 Å². The first-order chi connectivity index (χ1) is 5.68. The van der Waals surface area contributed by atoms with E-state index in [-0.39, 0.29) is 19.8 Å². The van der Waals surface area contributed by atoms with Crippen molar-refractivity contribution in [2.24, 2.45) is 5.92 Å². The Balaban J connectivity index is 2.53. The minimum absolute atomic E-state index is 0.188. The van der Waals surface area contributed by atoms with Crippen LogP contribution in [0.25, 0.3) is 0 Å². The van der Waals surface area contributed by atoms with Gasteiger partial charge in [0.2, 0.25) is 0 Å². The van der Waals surface area contributed by atoms with Crippen molar-refractivity contribution in [1.29, 1.82) is 0 Å². The predicted molar refractivity (Wildman–Crippen MR) is 44.7 cm³/mol.